The average molecular weight is 755 g/mol. The quantitative estimate of drug-likeness (QED) is 0.132. The molecule has 304 valence electrons. The summed E-state index contributed by atoms with van der Waals surface area (Å²) < 4.78 is 24.3. The highest BCUT2D eigenvalue weighted by molar-refractivity contribution is 5.23. The number of rotatable bonds is 7. The Kier molecular flexibility index (Phi) is 10.6. The van der Waals surface area contributed by atoms with E-state index in [0.29, 0.717) is 18.8 Å². The van der Waals surface area contributed by atoms with Gasteiger partial charge in [-0.3, -0.25) is 0 Å². The molecule has 0 amide bonds. The van der Waals surface area contributed by atoms with Crippen molar-refractivity contribution in [3.05, 3.63) is 12.2 Å². The maximum absolute atomic E-state index is 11.6. The second-order valence-electron chi connectivity index (χ2n) is 19.2. The van der Waals surface area contributed by atoms with Gasteiger partial charge < -0.3 is 64.9 Å². The Bertz CT molecular complexity index is 1360. The fourth-order valence-electron chi connectivity index (χ4n) is 13.7. The van der Waals surface area contributed by atoms with Gasteiger partial charge in [0, 0.05) is 0 Å². The van der Waals surface area contributed by atoms with Gasteiger partial charge in [0.2, 0.25) is 0 Å². The van der Waals surface area contributed by atoms with Crippen molar-refractivity contribution in [2.24, 2.45) is 45.8 Å². The first-order valence-corrected chi connectivity index (χ1v) is 20.1. The minimum absolute atomic E-state index is 0.0120. The summed E-state index contributed by atoms with van der Waals surface area (Å²) in [7, 11) is 0. The predicted octanol–water partition coefficient (Wildman–Crippen LogP) is 1.12. The molecular formula is C40H66O13. The summed E-state index contributed by atoms with van der Waals surface area (Å²) in [6, 6.07) is 0. The zero-order valence-corrected chi connectivity index (χ0v) is 32.1. The summed E-state index contributed by atoms with van der Waals surface area (Å²) in [6.45, 7) is 14.6. The third kappa shape index (κ3) is 5.97. The van der Waals surface area contributed by atoms with Crippen molar-refractivity contribution >= 4 is 0 Å². The molecule has 0 spiro atoms. The van der Waals surface area contributed by atoms with Crippen LogP contribution in [0.3, 0.4) is 0 Å². The minimum Gasteiger partial charge on any atom is -0.394 e. The van der Waals surface area contributed by atoms with Gasteiger partial charge in [0.05, 0.1) is 30.5 Å². The van der Waals surface area contributed by atoms with Gasteiger partial charge >= 0.3 is 0 Å². The zero-order valence-electron chi connectivity index (χ0n) is 32.1. The van der Waals surface area contributed by atoms with E-state index in [0.717, 1.165) is 56.9 Å². The lowest BCUT2D eigenvalue weighted by molar-refractivity contribution is -0.356. The number of fused-ring (bicyclic) bond motifs is 7. The summed E-state index contributed by atoms with van der Waals surface area (Å²) in [6.07, 6.45) is -6.98. The molecule has 13 heteroatoms. The fourth-order valence-corrected chi connectivity index (χ4v) is 13.7. The molecule has 9 N–H and O–H groups in total. The molecule has 7 rings (SSSR count). The Hall–Kier alpha value is -0.780. The van der Waals surface area contributed by atoms with Gasteiger partial charge in [-0.25, -0.2) is 0 Å². The van der Waals surface area contributed by atoms with Crippen LogP contribution in [0.2, 0.25) is 0 Å². The second-order valence-corrected chi connectivity index (χ2v) is 19.2. The number of allylic oxidation sites excluding steroid dienone is 1. The monoisotopic (exact) mass is 754 g/mol. The van der Waals surface area contributed by atoms with Crippen molar-refractivity contribution < 1.29 is 64.9 Å². The molecule has 53 heavy (non-hydrogen) atoms. The van der Waals surface area contributed by atoms with Gasteiger partial charge in [0.25, 0.3) is 0 Å². The van der Waals surface area contributed by atoms with E-state index in [1.807, 2.05) is 6.92 Å². The van der Waals surface area contributed by atoms with Crippen LogP contribution in [0.15, 0.2) is 12.2 Å². The summed E-state index contributed by atoms with van der Waals surface area (Å²) in [4.78, 5) is 0. The lowest BCUT2D eigenvalue weighted by Crippen LogP contribution is -2.69. The first-order valence-electron chi connectivity index (χ1n) is 20.1. The average Bonchev–Trinajstić information content (AvgIpc) is 3.49. The number of hydrogen-bond acceptors (Lipinski definition) is 13. The van der Waals surface area contributed by atoms with E-state index in [4.69, 9.17) is 18.9 Å². The molecule has 0 aromatic carbocycles. The van der Waals surface area contributed by atoms with Crippen molar-refractivity contribution in [3.63, 3.8) is 0 Å². The van der Waals surface area contributed by atoms with Gasteiger partial charge in [-0.1, -0.05) is 32.9 Å². The van der Waals surface area contributed by atoms with Crippen molar-refractivity contribution in [1.82, 2.24) is 0 Å². The molecule has 0 bridgehead atoms. The molecule has 2 aliphatic heterocycles. The summed E-state index contributed by atoms with van der Waals surface area (Å²) in [5, 5.41) is 96.2. The van der Waals surface area contributed by atoms with Crippen LogP contribution in [-0.2, 0) is 18.9 Å². The van der Waals surface area contributed by atoms with Gasteiger partial charge in [0.15, 0.2) is 12.6 Å². The topological polar surface area (TPSA) is 219 Å². The van der Waals surface area contributed by atoms with Gasteiger partial charge in [-0.15, -0.1) is 0 Å². The van der Waals surface area contributed by atoms with Crippen LogP contribution in [0.25, 0.3) is 0 Å². The van der Waals surface area contributed by atoms with E-state index in [9.17, 15) is 46.0 Å². The Morgan fingerprint density at radius 2 is 1.32 bits per heavy atom. The van der Waals surface area contributed by atoms with Crippen molar-refractivity contribution in [1.29, 1.82) is 0 Å². The van der Waals surface area contributed by atoms with E-state index in [-0.39, 0.29) is 39.9 Å². The Labute approximate surface area is 313 Å². The van der Waals surface area contributed by atoms with Crippen LogP contribution >= 0.6 is 0 Å². The van der Waals surface area contributed by atoms with Gasteiger partial charge in [-0.05, 0) is 124 Å². The Morgan fingerprint density at radius 1 is 0.679 bits per heavy atom. The lowest BCUT2D eigenvalue weighted by Gasteiger charge is -2.72. The van der Waals surface area contributed by atoms with Crippen molar-refractivity contribution in [2.45, 2.75) is 178 Å². The smallest absolute Gasteiger partial charge is 0.187 e. The fraction of sp³-hybridized carbons (Fsp3) is 0.950. The van der Waals surface area contributed by atoms with Gasteiger partial charge in [-0.2, -0.15) is 0 Å². The summed E-state index contributed by atoms with van der Waals surface area (Å²) >= 11 is 0. The van der Waals surface area contributed by atoms with Crippen LogP contribution in [0.1, 0.15) is 98.8 Å². The Balaban J connectivity index is 1.13. The lowest BCUT2D eigenvalue weighted by atomic mass is 9.33. The van der Waals surface area contributed by atoms with Crippen molar-refractivity contribution in [3.8, 4) is 0 Å². The molecule has 6 unspecified atom stereocenters. The molecule has 5 saturated carbocycles. The van der Waals surface area contributed by atoms with E-state index in [1.54, 1.807) is 0 Å². The normalized spacial score (nSPS) is 58.2. The molecular weight excluding hydrogens is 688 g/mol. The molecule has 5 aliphatic carbocycles. The maximum Gasteiger partial charge on any atom is 0.187 e. The summed E-state index contributed by atoms with van der Waals surface area (Å²) in [5.74, 6) is 0.942. The Morgan fingerprint density at radius 3 is 1.98 bits per heavy atom. The van der Waals surface area contributed by atoms with E-state index >= 15 is 0 Å². The molecule has 2 heterocycles. The largest absolute Gasteiger partial charge is 0.394 e. The molecule has 7 aliphatic rings. The van der Waals surface area contributed by atoms with Crippen LogP contribution in [0.4, 0.5) is 0 Å². The zero-order chi connectivity index (χ0) is 38.6. The molecule has 0 aromatic rings. The number of aliphatic hydroxyl groups is 9. The first kappa shape index (κ1) is 40.4. The third-order valence-electron chi connectivity index (χ3n) is 16.9. The first-order chi connectivity index (χ1) is 24.8. The van der Waals surface area contributed by atoms with E-state index < -0.39 is 91.9 Å². The molecule has 0 radical (unpaired) electrons. The number of aliphatic hydroxyl groups excluding tert-OH is 8. The van der Waals surface area contributed by atoms with Crippen LogP contribution < -0.4 is 0 Å². The highest BCUT2D eigenvalue weighted by Gasteiger charge is 2.72. The standard InChI is InChI=1S/C40H66O13/c1-19(2)20-9-14-40(53-35-33(48)31(46)29(44)23(52-35)18-50-34-32(47)30(45)28(43)22(17-41)51-34)16-15-37(4)21(27(20)40)7-8-24-36(3)12-11-26(42)39(6,49)25(36)10-13-38(24,37)5/h20-35,41-49H,1,7-18H2,2-6H3/t20?,21?,22-,23-,24?,25?,26+,27?,28-,29-,30-,31-,32-,33-,34-,35+,36-,37?,38-,39+,40+/m1/s1. The number of hydrogen-bond donors (Lipinski definition) is 9. The molecule has 2 saturated heterocycles. The second kappa shape index (κ2) is 14.0. The maximum atomic E-state index is 11.6. The van der Waals surface area contributed by atoms with Crippen LogP contribution in [0, 0.1) is 45.8 Å². The third-order valence-corrected chi connectivity index (χ3v) is 16.9. The van der Waals surface area contributed by atoms with E-state index in [1.165, 1.54) is 0 Å². The van der Waals surface area contributed by atoms with Crippen LogP contribution in [0.5, 0.6) is 0 Å². The SMILES string of the molecule is C=C(C)C1CC[C@]2(O[C@@H]3O[C@H](CO[C@@H]4O[C@H](CO)[C@@H](O)[C@@H](O)[C@H]4O)[C@@H](O)[C@@H](O)[C@H]3O)CCC3(C)C(CCC4[C@@]5(C)CC[C@H](O)[C@@](C)(O)C5CC[C@]43C)C12. The summed E-state index contributed by atoms with van der Waals surface area (Å²) in [5.41, 5.74) is -0.868. The highest BCUT2D eigenvalue weighted by atomic mass is 16.7. The predicted molar refractivity (Wildman–Crippen MR) is 190 cm³/mol. The molecule has 7 fully saturated rings. The minimum atomic E-state index is -1.66. The molecule has 13 nitrogen and oxygen atoms in total. The van der Waals surface area contributed by atoms with Crippen molar-refractivity contribution in [2.75, 3.05) is 13.2 Å². The highest BCUT2D eigenvalue weighted by Crippen LogP contribution is 2.76. The number of ether oxygens (including phenoxy) is 4. The van der Waals surface area contributed by atoms with Crippen LogP contribution in [-0.4, -0.2) is 138 Å². The van der Waals surface area contributed by atoms with Gasteiger partial charge in [0.1, 0.15) is 48.8 Å². The van der Waals surface area contributed by atoms with E-state index in [2.05, 4.69) is 34.3 Å². The molecule has 0 aromatic heterocycles. The molecule has 21 atom stereocenters.